The lowest BCUT2D eigenvalue weighted by molar-refractivity contribution is -0.247. The van der Waals surface area contributed by atoms with E-state index in [1.54, 1.807) is 19.1 Å². The maximum absolute atomic E-state index is 13.6. The number of ketones is 3. The van der Waals surface area contributed by atoms with Crippen molar-refractivity contribution in [1.82, 2.24) is 0 Å². The van der Waals surface area contributed by atoms with Crippen molar-refractivity contribution in [3.63, 3.8) is 0 Å². The van der Waals surface area contributed by atoms with Crippen LogP contribution < -0.4 is 10.5 Å². The molecule has 0 spiro atoms. The molecule has 5 rings (SSSR count). The van der Waals surface area contributed by atoms with Gasteiger partial charge in [-0.05, 0) is 24.6 Å². The van der Waals surface area contributed by atoms with Crippen LogP contribution in [-0.2, 0) is 20.7 Å². The number of Topliss-reactive ketones (excluding diaryl/α,β-unsaturated/α-hetero) is 1. The maximum Gasteiger partial charge on any atom is 0.198 e. The first-order chi connectivity index (χ1) is 18.0. The molecule has 2 aliphatic carbocycles. The fraction of sp³-hybridized carbons (Fsp3) is 0.444. The van der Waals surface area contributed by atoms with E-state index in [0.29, 0.717) is 0 Å². The Balaban J connectivity index is 1.64. The Morgan fingerprint density at radius 2 is 1.92 bits per heavy atom. The highest BCUT2D eigenvalue weighted by Gasteiger charge is 2.48. The van der Waals surface area contributed by atoms with E-state index in [0.717, 1.165) is 0 Å². The zero-order valence-corrected chi connectivity index (χ0v) is 20.8. The Hall–Kier alpha value is -3.19. The van der Waals surface area contributed by atoms with Crippen LogP contribution in [0.1, 0.15) is 68.8 Å². The van der Waals surface area contributed by atoms with E-state index in [-0.39, 0.29) is 52.0 Å². The lowest BCUT2D eigenvalue weighted by atomic mass is 9.72. The number of methoxy groups -OCH3 is 1. The molecule has 0 saturated carbocycles. The molecule has 1 aliphatic heterocycles. The number of benzene rings is 2. The number of hydrogen-bond donors (Lipinski definition) is 5. The summed E-state index contributed by atoms with van der Waals surface area (Å²) in [5.41, 5.74) is 4.04. The van der Waals surface area contributed by atoms with Gasteiger partial charge in [0.05, 0.1) is 36.5 Å². The Labute approximate surface area is 217 Å². The van der Waals surface area contributed by atoms with Gasteiger partial charge in [0.2, 0.25) is 0 Å². The van der Waals surface area contributed by atoms with Crippen LogP contribution in [-0.4, -0.2) is 81.6 Å². The van der Waals surface area contributed by atoms with E-state index in [1.807, 2.05) is 0 Å². The molecule has 0 aromatic heterocycles. The van der Waals surface area contributed by atoms with Crippen molar-refractivity contribution >= 4 is 17.3 Å². The van der Waals surface area contributed by atoms with Crippen molar-refractivity contribution in [2.75, 3.05) is 13.7 Å². The van der Waals surface area contributed by atoms with Gasteiger partial charge in [0.25, 0.3) is 0 Å². The minimum absolute atomic E-state index is 0.0463. The highest BCUT2D eigenvalue weighted by atomic mass is 16.7. The van der Waals surface area contributed by atoms with Gasteiger partial charge in [-0.25, -0.2) is 0 Å². The monoisotopic (exact) mass is 527 g/mol. The second-order valence-electron chi connectivity index (χ2n) is 10.0. The number of carbonyl (C=O) groups excluding carboxylic acids is 3. The van der Waals surface area contributed by atoms with Crippen LogP contribution in [0.3, 0.4) is 0 Å². The van der Waals surface area contributed by atoms with Crippen LogP contribution in [0, 0.1) is 0 Å². The van der Waals surface area contributed by atoms with Crippen molar-refractivity contribution < 1.29 is 49.0 Å². The molecule has 11 nitrogen and oxygen atoms in total. The van der Waals surface area contributed by atoms with Gasteiger partial charge in [-0.2, -0.15) is 0 Å². The van der Waals surface area contributed by atoms with Crippen LogP contribution in [0.4, 0.5) is 0 Å². The Morgan fingerprint density at radius 1 is 1.21 bits per heavy atom. The average molecular weight is 528 g/mol. The van der Waals surface area contributed by atoms with E-state index in [1.165, 1.54) is 19.2 Å². The van der Waals surface area contributed by atoms with Crippen molar-refractivity contribution in [2.45, 2.75) is 62.4 Å². The zero-order valence-electron chi connectivity index (χ0n) is 20.8. The fourth-order valence-corrected chi connectivity index (χ4v) is 5.62. The van der Waals surface area contributed by atoms with E-state index < -0.39 is 72.4 Å². The number of hydrogen-bond acceptors (Lipinski definition) is 11. The summed E-state index contributed by atoms with van der Waals surface area (Å²) in [5.74, 6) is -2.39. The molecule has 2 aromatic rings. The number of ether oxygens (including phenoxy) is 3. The van der Waals surface area contributed by atoms with Crippen LogP contribution >= 0.6 is 0 Å². The van der Waals surface area contributed by atoms with Gasteiger partial charge in [0.15, 0.2) is 23.6 Å². The molecule has 202 valence electrons. The first kappa shape index (κ1) is 26.4. The third-order valence-electron chi connectivity index (χ3n) is 7.70. The third-order valence-corrected chi connectivity index (χ3v) is 7.70. The normalized spacial score (nSPS) is 30.3. The van der Waals surface area contributed by atoms with Gasteiger partial charge in [-0.3, -0.25) is 14.4 Å². The van der Waals surface area contributed by atoms with E-state index >= 15 is 0 Å². The standard InChI is InChI=1S/C27H29NO10/c1-11-23(31)16(28)7-20(37-11)38-18-9-27(35,19(30)10-29)8-15-13(18)6-14-22(26(15)34)24(32)12-4-3-5-17(36-2)21(12)25(14)33/h3-6,11,16,18,20,23,29,31,34-35H,7-10,28H2,1-2H3/t11?,16?,18-,20?,23?,27-/m0/s1. The van der Waals surface area contributed by atoms with Crippen LogP contribution in [0.2, 0.25) is 0 Å². The molecule has 4 unspecified atom stereocenters. The maximum atomic E-state index is 13.6. The lowest BCUT2D eigenvalue weighted by Gasteiger charge is -2.42. The molecule has 11 heteroatoms. The van der Waals surface area contributed by atoms with Crippen molar-refractivity contribution in [1.29, 1.82) is 0 Å². The lowest BCUT2D eigenvalue weighted by Crippen LogP contribution is -2.53. The highest BCUT2D eigenvalue weighted by Crippen LogP contribution is 2.48. The molecule has 1 saturated heterocycles. The summed E-state index contributed by atoms with van der Waals surface area (Å²) in [6.45, 7) is 0.667. The van der Waals surface area contributed by atoms with Crippen molar-refractivity contribution in [2.24, 2.45) is 5.73 Å². The van der Waals surface area contributed by atoms with E-state index in [2.05, 4.69) is 0 Å². The fourth-order valence-electron chi connectivity index (χ4n) is 5.62. The second kappa shape index (κ2) is 9.53. The number of nitrogens with two attached hydrogens (primary N) is 1. The number of fused-ring (bicyclic) bond motifs is 3. The van der Waals surface area contributed by atoms with Gasteiger partial charge in [-0.15, -0.1) is 0 Å². The molecule has 2 aromatic carbocycles. The van der Waals surface area contributed by atoms with Crippen LogP contribution in [0.25, 0.3) is 0 Å². The summed E-state index contributed by atoms with van der Waals surface area (Å²) in [4.78, 5) is 39.6. The number of phenols is 1. The average Bonchev–Trinajstić information content (AvgIpc) is 2.89. The third kappa shape index (κ3) is 4.03. The van der Waals surface area contributed by atoms with Gasteiger partial charge in [0, 0.05) is 42.0 Å². The quantitative estimate of drug-likeness (QED) is 0.307. The summed E-state index contributed by atoms with van der Waals surface area (Å²) in [6, 6.07) is 5.33. The smallest absolute Gasteiger partial charge is 0.198 e. The number of aromatic hydroxyl groups is 1. The van der Waals surface area contributed by atoms with Gasteiger partial charge in [-0.1, -0.05) is 12.1 Å². The summed E-state index contributed by atoms with van der Waals surface area (Å²) in [6.07, 6.45) is -4.23. The topological polar surface area (TPSA) is 186 Å². The summed E-state index contributed by atoms with van der Waals surface area (Å²) < 4.78 is 17.2. The first-order valence-electron chi connectivity index (χ1n) is 12.3. The molecule has 38 heavy (non-hydrogen) atoms. The SMILES string of the molecule is COc1cccc2c1C(=O)c1cc3c(c(O)c1C2=O)C[C@@](O)(C(=O)CO)C[C@@H]3OC1CC(N)C(O)C(C)O1. The summed E-state index contributed by atoms with van der Waals surface area (Å²) in [7, 11) is 1.38. The Kier molecular flexibility index (Phi) is 6.62. The predicted molar refractivity (Wildman–Crippen MR) is 130 cm³/mol. The summed E-state index contributed by atoms with van der Waals surface area (Å²) >= 11 is 0. The van der Waals surface area contributed by atoms with Gasteiger partial charge >= 0.3 is 0 Å². The van der Waals surface area contributed by atoms with Crippen molar-refractivity contribution in [3.8, 4) is 11.5 Å². The molecule has 6 N–H and O–H groups in total. The van der Waals surface area contributed by atoms with Crippen LogP contribution in [0.15, 0.2) is 24.3 Å². The number of phenolic OH excluding ortho intramolecular Hbond substituents is 1. The molecule has 1 fully saturated rings. The Morgan fingerprint density at radius 3 is 2.58 bits per heavy atom. The molecular formula is C27H29NO10. The van der Waals surface area contributed by atoms with E-state index in [4.69, 9.17) is 19.9 Å². The minimum atomic E-state index is -2.12. The predicted octanol–water partition coefficient (Wildman–Crippen LogP) is 0.296. The molecule has 1 heterocycles. The zero-order chi connectivity index (χ0) is 27.5. The molecule has 6 atom stereocenters. The van der Waals surface area contributed by atoms with Crippen molar-refractivity contribution in [3.05, 3.63) is 57.6 Å². The van der Waals surface area contributed by atoms with E-state index in [9.17, 15) is 34.8 Å². The number of aliphatic hydroxyl groups is 3. The highest BCUT2D eigenvalue weighted by molar-refractivity contribution is 6.30. The molecule has 0 amide bonds. The molecule has 0 bridgehead atoms. The second-order valence-corrected chi connectivity index (χ2v) is 10.0. The van der Waals surface area contributed by atoms with Gasteiger partial charge in [0.1, 0.15) is 23.7 Å². The summed E-state index contributed by atoms with van der Waals surface area (Å²) in [5, 5.41) is 42.2. The Bertz CT molecular complexity index is 1330. The first-order valence-corrected chi connectivity index (χ1v) is 12.3. The molecular weight excluding hydrogens is 498 g/mol. The van der Waals surface area contributed by atoms with Crippen LogP contribution in [0.5, 0.6) is 11.5 Å². The van der Waals surface area contributed by atoms with Gasteiger partial charge < -0.3 is 40.4 Å². The number of carbonyl (C=O) groups is 3. The molecule has 0 radical (unpaired) electrons. The molecule has 3 aliphatic rings. The minimum Gasteiger partial charge on any atom is -0.507 e. The largest absolute Gasteiger partial charge is 0.507 e. The number of rotatable bonds is 5. The number of aliphatic hydroxyl groups excluding tert-OH is 2.